The smallest absolute Gasteiger partial charge is 0.298 e. The quantitative estimate of drug-likeness (QED) is 0.438. The summed E-state index contributed by atoms with van der Waals surface area (Å²) in [4.78, 5) is 9.94. The number of carbonyl (C=O) groups excluding carboxylic acids is 1. The molecular weight excluding hydrogens is 148 g/mol. The highest BCUT2D eigenvalue weighted by atomic mass is 16.6. The van der Waals surface area contributed by atoms with E-state index in [9.17, 15) is 4.79 Å². The third-order valence-corrected chi connectivity index (χ3v) is 1.16. The molecule has 0 aliphatic carbocycles. The minimum atomic E-state index is 0.235. The number of ether oxygens (including phenoxy) is 3. The van der Waals surface area contributed by atoms with Crippen LogP contribution in [0.5, 0.6) is 0 Å². The molecule has 64 valence electrons. The SMILES string of the molecule is COC/C(OC=O)=C(\C)OC. The molecule has 4 nitrogen and oxygen atoms in total. The second-order valence-corrected chi connectivity index (χ2v) is 1.83. The molecule has 0 saturated heterocycles. The summed E-state index contributed by atoms with van der Waals surface area (Å²) in [6, 6.07) is 0. The lowest BCUT2D eigenvalue weighted by Crippen LogP contribution is -2.02. The Kier molecular flexibility index (Phi) is 5.20. The average Bonchev–Trinajstić information content (AvgIpc) is 2.03. The van der Waals surface area contributed by atoms with Gasteiger partial charge in [-0.25, -0.2) is 0 Å². The molecule has 0 saturated carbocycles. The van der Waals surface area contributed by atoms with E-state index in [0.29, 0.717) is 18.0 Å². The van der Waals surface area contributed by atoms with Gasteiger partial charge in [0.25, 0.3) is 6.47 Å². The van der Waals surface area contributed by atoms with Gasteiger partial charge in [0.2, 0.25) is 0 Å². The first-order chi connectivity index (χ1) is 5.26. The second kappa shape index (κ2) is 5.73. The standard InChI is InChI=1S/C7H12O4/c1-6(10-3)7(4-9-2)11-5-8/h5H,4H2,1-3H3/b7-6-. The Hall–Kier alpha value is -1.03. The van der Waals surface area contributed by atoms with E-state index in [0.717, 1.165) is 0 Å². The highest BCUT2D eigenvalue weighted by Gasteiger charge is 2.02. The molecule has 0 amide bonds. The van der Waals surface area contributed by atoms with Crippen LogP contribution in [-0.2, 0) is 19.0 Å². The summed E-state index contributed by atoms with van der Waals surface area (Å²) < 4.78 is 14.2. The van der Waals surface area contributed by atoms with Crippen LogP contribution in [0.15, 0.2) is 11.5 Å². The largest absolute Gasteiger partial charge is 0.498 e. The van der Waals surface area contributed by atoms with Crippen LogP contribution in [0.2, 0.25) is 0 Å². The van der Waals surface area contributed by atoms with Crippen LogP contribution < -0.4 is 0 Å². The van der Waals surface area contributed by atoms with Crippen LogP contribution in [0.25, 0.3) is 0 Å². The van der Waals surface area contributed by atoms with Gasteiger partial charge >= 0.3 is 0 Å². The zero-order valence-corrected chi connectivity index (χ0v) is 6.92. The van der Waals surface area contributed by atoms with Crippen LogP contribution in [-0.4, -0.2) is 27.3 Å². The number of hydrogen-bond acceptors (Lipinski definition) is 4. The molecule has 0 radical (unpaired) electrons. The predicted octanol–water partition coefficient (Wildman–Crippen LogP) is 0.684. The van der Waals surface area contributed by atoms with E-state index < -0.39 is 0 Å². The first-order valence-corrected chi connectivity index (χ1v) is 3.09. The maximum Gasteiger partial charge on any atom is 0.298 e. The van der Waals surface area contributed by atoms with Crippen molar-refractivity contribution in [2.24, 2.45) is 0 Å². The van der Waals surface area contributed by atoms with Crippen molar-refractivity contribution in [1.82, 2.24) is 0 Å². The first kappa shape index (κ1) is 9.97. The van der Waals surface area contributed by atoms with Gasteiger partial charge in [0, 0.05) is 7.11 Å². The number of methoxy groups -OCH3 is 2. The number of carbonyl (C=O) groups is 1. The number of hydrogen-bond donors (Lipinski definition) is 0. The fourth-order valence-electron chi connectivity index (χ4n) is 0.522. The van der Waals surface area contributed by atoms with Gasteiger partial charge in [-0.05, 0) is 6.92 Å². The molecule has 0 rings (SSSR count). The molecule has 0 aliphatic heterocycles. The third-order valence-electron chi connectivity index (χ3n) is 1.16. The summed E-state index contributed by atoms with van der Waals surface area (Å²) in [6.07, 6.45) is 0. The lowest BCUT2D eigenvalue weighted by molar-refractivity contribution is -0.126. The molecule has 0 heterocycles. The Morgan fingerprint density at radius 3 is 2.45 bits per heavy atom. The molecule has 11 heavy (non-hydrogen) atoms. The molecule has 0 aromatic rings. The zero-order valence-electron chi connectivity index (χ0n) is 6.92. The summed E-state index contributed by atoms with van der Waals surface area (Å²) in [6.45, 7) is 2.27. The number of allylic oxidation sites excluding steroid dienone is 1. The summed E-state index contributed by atoms with van der Waals surface area (Å²) in [7, 11) is 3.01. The van der Waals surface area contributed by atoms with Crippen molar-refractivity contribution in [2.45, 2.75) is 6.92 Å². The lowest BCUT2D eigenvalue weighted by Gasteiger charge is -2.06. The van der Waals surface area contributed by atoms with E-state index in [1.54, 1.807) is 6.92 Å². The van der Waals surface area contributed by atoms with Gasteiger partial charge < -0.3 is 14.2 Å². The molecule has 0 bridgehead atoms. The van der Waals surface area contributed by atoms with Gasteiger partial charge in [0.1, 0.15) is 12.4 Å². The van der Waals surface area contributed by atoms with Crippen molar-refractivity contribution >= 4 is 6.47 Å². The van der Waals surface area contributed by atoms with Gasteiger partial charge in [-0.15, -0.1) is 0 Å². The Morgan fingerprint density at radius 1 is 1.45 bits per heavy atom. The van der Waals surface area contributed by atoms with Gasteiger partial charge in [-0.1, -0.05) is 0 Å². The first-order valence-electron chi connectivity index (χ1n) is 3.09. The monoisotopic (exact) mass is 160 g/mol. The Balaban J connectivity index is 4.16. The maximum atomic E-state index is 9.94. The molecule has 0 atom stereocenters. The van der Waals surface area contributed by atoms with E-state index in [-0.39, 0.29) is 6.61 Å². The van der Waals surface area contributed by atoms with E-state index in [4.69, 9.17) is 9.47 Å². The molecular formula is C7H12O4. The molecule has 0 unspecified atom stereocenters. The van der Waals surface area contributed by atoms with E-state index in [2.05, 4.69) is 4.74 Å². The van der Waals surface area contributed by atoms with E-state index in [1.165, 1.54) is 14.2 Å². The maximum absolute atomic E-state index is 9.94. The molecule has 0 N–H and O–H groups in total. The average molecular weight is 160 g/mol. The van der Waals surface area contributed by atoms with Gasteiger partial charge in [0.15, 0.2) is 5.76 Å². The highest BCUT2D eigenvalue weighted by Crippen LogP contribution is 2.04. The van der Waals surface area contributed by atoms with Gasteiger partial charge in [-0.3, -0.25) is 4.79 Å². The summed E-state index contributed by atoms with van der Waals surface area (Å²) in [5, 5.41) is 0. The van der Waals surface area contributed by atoms with Gasteiger partial charge in [-0.2, -0.15) is 0 Å². The fraction of sp³-hybridized carbons (Fsp3) is 0.571. The van der Waals surface area contributed by atoms with Crippen LogP contribution in [0.3, 0.4) is 0 Å². The molecule has 4 heteroatoms. The minimum Gasteiger partial charge on any atom is -0.498 e. The van der Waals surface area contributed by atoms with Crippen LogP contribution >= 0.6 is 0 Å². The van der Waals surface area contributed by atoms with Crippen LogP contribution in [0.4, 0.5) is 0 Å². The van der Waals surface area contributed by atoms with Crippen molar-refractivity contribution in [3.8, 4) is 0 Å². The van der Waals surface area contributed by atoms with Crippen LogP contribution in [0, 0.1) is 0 Å². The molecule has 0 aromatic heterocycles. The molecule has 0 aliphatic rings. The van der Waals surface area contributed by atoms with Gasteiger partial charge in [0.05, 0.1) is 7.11 Å². The van der Waals surface area contributed by atoms with Crippen molar-refractivity contribution in [3.05, 3.63) is 11.5 Å². The lowest BCUT2D eigenvalue weighted by atomic mass is 10.4. The Bertz CT molecular complexity index is 151. The van der Waals surface area contributed by atoms with Crippen molar-refractivity contribution in [2.75, 3.05) is 20.8 Å². The molecule has 0 aromatic carbocycles. The molecule has 0 fully saturated rings. The summed E-state index contributed by atoms with van der Waals surface area (Å²) in [5.74, 6) is 0.934. The van der Waals surface area contributed by atoms with E-state index >= 15 is 0 Å². The van der Waals surface area contributed by atoms with Crippen molar-refractivity contribution in [3.63, 3.8) is 0 Å². The van der Waals surface area contributed by atoms with Crippen molar-refractivity contribution < 1.29 is 19.0 Å². The van der Waals surface area contributed by atoms with Crippen LogP contribution in [0.1, 0.15) is 6.92 Å². The molecule has 0 spiro atoms. The number of rotatable bonds is 5. The van der Waals surface area contributed by atoms with E-state index in [1.807, 2.05) is 0 Å². The highest BCUT2D eigenvalue weighted by molar-refractivity contribution is 5.40. The third kappa shape index (κ3) is 3.62. The normalized spacial score (nSPS) is 11.9. The minimum absolute atomic E-state index is 0.235. The second-order valence-electron chi connectivity index (χ2n) is 1.83. The Labute approximate surface area is 65.7 Å². The van der Waals surface area contributed by atoms with Crippen molar-refractivity contribution in [1.29, 1.82) is 0 Å². The summed E-state index contributed by atoms with van der Waals surface area (Å²) >= 11 is 0. The zero-order chi connectivity index (χ0) is 8.69. The fourth-order valence-corrected chi connectivity index (χ4v) is 0.522. The Morgan fingerprint density at radius 2 is 2.09 bits per heavy atom. The topological polar surface area (TPSA) is 44.8 Å². The predicted molar refractivity (Wildman–Crippen MR) is 38.7 cm³/mol. The summed E-state index contributed by atoms with van der Waals surface area (Å²) in [5.41, 5.74) is 0.